The highest BCUT2D eigenvalue weighted by molar-refractivity contribution is 5.51. The fourth-order valence-corrected chi connectivity index (χ4v) is 3.86. The van der Waals surface area contributed by atoms with Crippen LogP contribution in [0.15, 0.2) is 59.0 Å². The Morgan fingerprint density at radius 2 is 1.46 bits per heavy atom. The third kappa shape index (κ3) is 4.66. The largest absolute Gasteiger partial charge is 0.415 e. The maximum Gasteiger partial charge on any atom is 0.271 e. The highest BCUT2D eigenvalue weighted by Crippen LogP contribution is 2.16. The van der Waals surface area contributed by atoms with Crippen molar-refractivity contribution in [2.24, 2.45) is 0 Å². The normalized spacial score (nSPS) is 19.8. The van der Waals surface area contributed by atoms with Crippen LogP contribution in [0.2, 0.25) is 0 Å². The maximum atomic E-state index is 5.88. The number of piperazine rings is 1. The van der Waals surface area contributed by atoms with Gasteiger partial charge >= 0.3 is 0 Å². The topological polar surface area (TPSA) is 47.8 Å². The standard InChI is InChI=1S/C23H28N4O/c1-18(2)20-10-8-19(9-11-20)16-26-12-14-27(15-13-26)17-22-24-25-23(28-22)21-6-4-3-5-7-21/h3-11,18H,12-17H2,1-2H3/p+2. The first-order valence-electron chi connectivity index (χ1n) is 10.3. The van der Waals surface area contributed by atoms with Crippen LogP contribution in [0.5, 0.6) is 0 Å². The number of rotatable bonds is 6. The molecule has 1 saturated heterocycles. The number of benzene rings is 2. The molecule has 0 unspecified atom stereocenters. The Kier molecular flexibility index (Phi) is 5.84. The first kappa shape index (κ1) is 18.8. The predicted octanol–water partition coefficient (Wildman–Crippen LogP) is 1.34. The van der Waals surface area contributed by atoms with Gasteiger partial charge in [0.15, 0.2) is 6.54 Å². The van der Waals surface area contributed by atoms with Crippen molar-refractivity contribution in [3.05, 3.63) is 71.6 Å². The molecule has 2 aromatic carbocycles. The lowest BCUT2D eigenvalue weighted by Gasteiger charge is -2.29. The van der Waals surface area contributed by atoms with Gasteiger partial charge in [-0.2, -0.15) is 0 Å². The van der Waals surface area contributed by atoms with E-state index in [0.717, 1.165) is 37.6 Å². The van der Waals surface area contributed by atoms with Crippen LogP contribution in [0.3, 0.4) is 0 Å². The quantitative estimate of drug-likeness (QED) is 0.681. The second kappa shape index (κ2) is 8.67. The number of nitrogens with zero attached hydrogens (tertiary/aromatic N) is 2. The Balaban J connectivity index is 1.27. The van der Waals surface area contributed by atoms with Crippen molar-refractivity contribution in [1.82, 2.24) is 10.2 Å². The van der Waals surface area contributed by atoms with E-state index < -0.39 is 0 Å². The Labute approximate surface area is 167 Å². The molecule has 28 heavy (non-hydrogen) atoms. The van der Waals surface area contributed by atoms with Gasteiger partial charge in [0, 0.05) is 11.1 Å². The van der Waals surface area contributed by atoms with Gasteiger partial charge < -0.3 is 14.2 Å². The molecule has 1 aliphatic heterocycles. The van der Waals surface area contributed by atoms with Crippen LogP contribution in [0.1, 0.15) is 36.8 Å². The van der Waals surface area contributed by atoms with Crippen molar-refractivity contribution >= 4 is 0 Å². The minimum absolute atomic E-state index is 0.598. The fourth-order valence-electron chi connectivity index (χ4n) is 3.86. The van der Waals surface area contributed by atoms with Crippen LogP contribution in [0.25, 0.3) is 11.5 Å². The van der Waals surface area contributed by atoms with Gasteiger partial charge in [0.05, 0.1) is 0 Å². The molecule has 4 rings (SSSR count). The van der Waals surface area contributed by atoms with Crippen LogP contribution in [0.4, 0.5) is 0 Å². The Morgan fingerprint density at radius 3 is 2.11 bits per heavy atom. The van der Waals surface area contributed by atoms with E-state index in [9.17, 15) is 0 Å². The SMILES string of the molecule is CC(C)c1ccc(C[NH+]2CC[NH+](Cc3nnc(-c4ccccc4)o3)CC2)cc1. The third-order valence-electron chi connectivity index (χ3n) is 5.65. The average Bonchev–Trinajstić information content (AvgIpc) is 3.19. The van der Waals surface area contributed by atoms with E-state index in [1.54, 1.807) is 4.90 Å². The summed E-state index contributed by atoms with van der Waals surface area (Å²) in [5, 5.41) is 8.46. The molecular weight excluding hydrogens is 348 g/mol. The fraction of sp³-hybridized carbons (Fsp3) is 0.391. The van der Waals surface area contributed by atoms with Gasteiger partial charge in [-0.3, -0.25) is 0 Å². The summed E-state index contributed by atoms with van der Waals surface area (Å²) in [7, 11) is 0. The molecule has 0 aliphatic carbocycles. The first-order chi connectivity index (χ1) is 13.7. The van der Waals surface area contributed by atoms with Crippen LogP contribution in [-0.2, 0) is 13.1 Å². The Bertz CT molecular complexity index is 865. The lowest BCUT2D eigenvalue weighted by molar-refractivity contribution is -1.02. The van der Waals surface area contributed by atoms with E-state index in [-0.39, 0.29) is 0 Å². The number of aromatic nitrogens is 2. The first-order valence-corrected chi connectivity index (χ1v) is 10.3. The van der Waals surface area contributed by atoms with Crippen LogP contribution < -0.4 is 9.80 Å². The van der Waals surface area contributed by atoms with E-state index in [1.165, 1.54) is 29.1 Å². The molecular formula is C23H30N4O+2. The van der Waals surface area contributed by atoms with Crippen LogP contribution in [0, 0.1) is 0 Å². The van der Waals surface area contributed by atoms with Gasteiger partial charge in [0.25, 0.3) is 5.89 Å². The number of nitrogens with one attached hydrogen (secondary N) is 2. The van der Waals surface area contributed by atoms with E-state index in [2.05, 4.69) is 48.3 Å². The summed E-state index contributed by atoms with van der Waals surface area (Å²) in [4.78, 5) is 3.19. The third-order valence-corrected chi connectivity index (χ3v) is 5.65. The molecule has 0 atom stereocenters. The smallest absolute Gasteiger partial charge is 0.271 e. The molecule has 1 aliphatic rings. The molecule has 0 bridgehead atoms. The summed E-state index contributed by atoms with van der Waals surface area (Å²) < 4.78 is 5.88. The molecule has 0 amide bonds. The Hall–Kier alpha value is -2.50. The zero-order valence-electron chi connectivity index (χ0n) is 16.8. The number of quaternary nitrogens is 2. The zero-order chi connectivity index (χ0) is 19.3. The molecule has 5 nitrogen and oxygen atoms in total. The minimum Gasteiger partial charge on any atom is -0.415 e. The molecule has 1 aromatic heterocycles. The highest BCUT2D eigenvalue weighted by Gasteiger charge is 2.25. The monoisotopic (exact) mass is 378 g/mol. The number of hydrogen-bond acceptors (Lipinski definition) is 3. The molecule has 3 aromatic rings. The van der Waals surface area contributed by atoms with Crippen LogP contribution >= 0.6 is 0 Å². The molecule has 5 heteroatoms. The zero-order valence-corrected chi connectivity index (χ0v) is 16.8. The van der Waals surface area contributed by atoms with Crippen molar-refractivity contribution in [2.75, 3.05) is 26.2 Å². The maximum absolute atomic E-state index is 5.88. The lowest BCUT2D eigenvalue weighted by Crippen LogP contribution is -3.27. The molecule has 0 saturated carbocycles. The number of hydrogen-bond donors (Lipinski definition) is 2. The summed E-state index contributed by atoms with van der Waals surface area (Å²) in [5.74, 6) is 1.95. The summed E-state index contributed by atoms with van der Waals surface area (Å²) in [6.45, 7) is 11.1. The van der Waals surface area contributed by atoms with E-state index in [0.29, 0.717) is 11.8 Å². The van der Waals surface area contributed by atoms with Gasteiger partial charge in [-0.1, -0.05) is 56.3 Å². The van der Waals surface area contributed by atoms with Crippen molar-refractivity contribution in [2.45, 2.75) is 32.9 Å². The van der Waals surface area contributed by atoms with Crippen molar-refractivity contribution < 1.29 is 14.2 Å². The van der Waals surface area contributed by atoms with E-state index >= 15 is 0 Å². The van der Waals surface area contributed by atoms with Gasteiger partial charge in [-0.05, 0) is 23.6 Å². The molecule has 2 heterocycles. The summed E-state index contributed by atoms with van der Waals surface area (Å²) in [6, 6.07) is 19.1. The molecule has 1 fully saturated rings. The summed E-state index contributed by atoms with van der Waals surface area (Å²) in [5.41, 5.74) is 3.84. The van der Waals surface area contributed by atoms with Gasteiger partial charge in [-0.25, -0.2) is 0 Å². The van der Waals surface area contributed by atoms with Crippen molar-refractivity contribution in [3.63, 3.8) is 0 Å². The summed E-state index contributed by atoms with van der Waals surface area (Å²) in [6.07, 6.45) is 0. The van der Waals surface area contributed by atoms with Gasteiger partial charge in [0.1, 0.15) is 32.7 Å². The summed E-state index contributed by atoms with van der Waals surface area (Å²) >= 11 is 0. The Morgan fingerprint density at radius 1 is 0.821 bits per heavy atom. The average molecular weight is 379 g/mol. The predicted molar refractivity (Wildman–Crippen MR) is 109 cm³/mol. The van der Waals surface area contributed by atoms with E-state index in [1.807, 2.05) is 30.3 Å². The minimum atomic E-state index is 0.598. The molecule has 2 N–H and O–H groups in total. The molecule has 0 spiro atoms. The van der Waals surface area contributed by atoms with Crippen molar-refractivity contribution in [1.29, 1.82) is 0 Å². The van der Waals surface area contributed by atoms with E-state index in [4.69, 9.17) is 4.42 Å². The highest BCUT2D eigenvalue weighted by atomic mass is 16.4. The molecule has 0 radical (unpaired) electrons. The molecule has 146 valence electrons. The van der Waals surface area contributed by atoms with Crippen molar-refractivity contribution in [3.8, 4) is 11.5 Å². The van der Waals surface area contributed by atoms with Gasteiger partial charge in [0.2, 0.25) is 5.89 Å². The lowest BCUT2D eigenvalue weighted by atomic mass is 10.0. The second-order valence-electron chi connectivity index (χ2n) is 8.12. The van der Waals surface area contributed by atoms with Gasteiger partial charge in [-0.15, -0.1) is 10.2 Å². The van der Waals surface area contributed by atoms with Crippen LogP contribution in [-0.4, -0.2) is 36.4 Å². The second-order valence-corrected chi connectivity index (χ2v) is 8.12.